The molecule has 0 aliphatic rings. The first-order valence-electron chi connectivity index (χ1n) is 4.37. The van der Waals surface area contributed by atoms with Crippen LogP contribution in [-0.4, -0.2) is 28.7 Å². The summed E-state index contributed by atoms with van der Waals surface area (Å²) in [6, 6.07) is 0. The van der Waals surface area contributed by atoms with E-state index in [1.807, 2.05) is 0 Å². The molecule has 1 aromatic heterocycles. The van der Waals surface area contributed by atoms with Crippen LogP contribution >= 0.6 is 0 Å². The molecule has 2 atom stereocenters. The average Bonchev–Trinajstić information content (AvgIpc) is 2.16. The maximum Gasteiger partial charge on any atom is 0.215 e. The van der Waals surface area contributed by atoms with E-state index in [0.717, 1.165) is 12.4 Å². The van der Waals surface area contributed by atoms with E-state index in [2.05, 4.69) is 9.97 Å². The molecular weight excluding hydrogens is 237 g/mol. The van der Waals surface area contributed by atoms with Gasteiger partial charge in [-0.25, -0.2) is 27.9 Å². The van der Waals surface area contributed by atoms with Gasteiger partial charge in [0, 0.05) is 0 Å². The summed E-state index contributed by atoms with van der Waals surface area (Å²) in [5, 5.41) is 13.6. The predicted octanol–water partition coefficient (Wildman–Crippen LogP) is -0.500. The van der Waals surface area contributed by atoms with Crippen LogP contribution < -0.4 is 5.14 Å². The molecule has 0 spiro atoms. The Bertz CT molecular complexity index is 472. The molecule has 6 nitrogen and oxygen atoms in total. The van der Waals surface area contributed by atoms with Gasteiger partial charge in [0.2, 0.25) is 10.0 Å². The second-order valence-corrected chi connectivity index (χ2v) is 5.49. The number of hydrogen-bond acceptors (Lipinski definition) is 5. The number of halogens is 1. The molecule has 0 fully saturated rings. The minimum absolute atomic E-state index is 0.199. The summed E-state index contributed by atoms with van der Waals surface area (Å²) >= 11 is 0. The van der Waals surface area contributed by atoms with Gasteiger partial charge < -0.3 is 5.11 Å². The van der Waals surface area contributed by atoms with Crippen molar-refractivity contribution >= 4 is 10.0 Å². The lowest BCUT2D eigenvalue weighted by Gasteiger charge is -2.26. The van der Waals surface area contributed by atoms with Crippen molar-refractivity contribution in [2.24, 2.45) is 5.14 Å². The van der Waals surface area contributed by atoms with Gasteiger partial charge in [0.15, 0.2) is 11.6 Å². The Morgan fingerprint density at radius 1 is 1.50 bits per heavy atom. The largest absolute Gasteiger partial charge is 0.381 e. The standard InChI is InChI=1S/C8H12FN3O3S/c1-5(16(10,14)15)8(2,13)7-11-3-6(9)4-12-7/h3-5,13H,1-2H3,(H2,10,14,15)/t5-,8+/m1/s1. The Morgan fingerprint density at radius 3 is 2.31 bits per heavy atom. The Balaban J connectivity index is 3.16. The van der Waals surface area contributed by atoms with Gasteiger partial charge in [0.25, 0.3) is 0 Å². The van der Waals surface area contributed by atoms with Crippen LogP contribution in [0.3, 0.4) is 0 Å². The maximum absolute atomic E-state index is 12.6. The molecule has 0 aliphatic heterocycles. The number of nitrogens with zero attached hydrogens (tertiary/aromatic N) is 2. The molecule has 1 rings (SSSR count). The molecule has 8 heteroatoms. The number of hydrogen-bond donors (Lipinski definition) is 2. The number of rotatable bonds is 3. The van der Waals surface area contributed by atoms with E-state index in [0.29, 0.717) is 0 Å². The fourth-order valence-corrected chi connectivity index (χ4v) is 1.82. The first-order chi connectivity index (χ1) is 7.15. The molecule has 0 aromatic carbocycles. The molecule has 16 heavy (non-hydrogen) atoms. The van der Waals surface area contributed by atoms with Gasteiger partial charge in [-0.3, -0.25) is 0 Å². The Labute approximate surface area is 92.4 Å². The summed E-state index contributed by atoms with van der Waals surface area (Å²) in [6.45, 7) is 2.43. The SMILES string of the molecule is C[C@H]([C@](C)(O)c1ncc(F)cn1)S(N)(=O)=O. The normalized spacial score (nSPS) is 17.8. The third kappa shape index (κ3) is 2.52. The third-order valence-electron chi connectivity index (χ3n) is 2.36. The Morgan fingerprint density at radius 2 is 1.94 bits per heavy atom. The Kier molecular flexibility index (Phi) is 3.27. The average molecular weight is 249 g/mol. The molecule has 1 heterocycles. The van der Waals surface area contributed by atoms with Gasteiger partial charge in [-0.15, -0.1) is 0 Å². The van der Waals surface area contributed by atoms with Gasteiger partial charge >= 0.3 is 0 Å². The van der Waals surface area contributed by atoms with E-state index >= 15 is 0 Å². The van der Waals surface area contributed by atoms with Crippen LogP contribution in [0.15, 0.2) is 12.4 Å². The number of aromatic nitrogens is 2. The zero-order valence-corrected chi connectivity index (χ0v) is 9.57. The molecule has 0 radical (unpaired) electrons. The van der Waals surface area contributed by atoms with E-state index in [4.69, 9.17) is 5.14 Å². The molecule has 3 N–H and O–H groups in total. The van der Waals surface area contributed by atoms with Crippen LogP contribution in [0.4, 0.5) is 4.39 Å². The molecule has 90 valence electrons. The summed E-state index contributed by atoms with van der Waals surface area (Å²) in [5.41, 5.74) is -1.87. The molecule has 0 saturated carbocycles. The molecule has 0 saturated heterocycles. The molecule has 0 unspecified atom stereocenters. The van der Waals surface area contributed by atoms with E-state index in [-0.39, 0.29) is 5.82 Å². The molecule has 0 aliphatic carbocycles. The summed E-state index contributed by atoms with van der Waals surface area (Å²) in [4.78, 5) is 7.06. The van der Waals surface area contributed by atoms with Crippen LogP contribution in [0.1, 0.15) is 19.7 Å². The van der Waals surface area contributed by atoms with Crippen LogP contribution in [0.2, 0.25) is 0 Å². The van der Waals surface area contributed by atoms with Crippen molar-refractivity contribution in [2.45, 2.75) is 24.7 Å². The summed E-state index contributed by atoms with van der Waals surface area (Å²) in [6.07, 6.45) is 1.68. The van der Waals surface area contributed by atoms with Crippen LogP contribution in [-0.2, 0) is 15.6 Å². The van der Waals surface area contributed by atoms with Crippen LogP contribution in [0.25, 0.3) is 0 Å². The third-order valence-corrected chi connectivity index (χ3v) is 3.80. The van der Waals surface area contributed by atoms with E-state index in [1.54, 1.807) is 0 Å². The smallest absolute Gasteiger partial charge is 0.215 e. The summed E-state index contributed by atoms with van der Waals surface area (Å²) in [7, 11) is -3.94. The van der Waals surface area contributed by atoms with Crippen molar-refractivity contribution in [3.63, 3.8) is 0 Å². The van der Waals surface area contributed by atoms with E-state index in [9.17, 15) is 17.9 Å². The highest BCUT2D eigenvalue weighted by Crippen LogP contribution is 2.24. The van der Waals surface area contributed by atoms with Gasteiger partial charge in [0.1, 0.15) is 10.9 Å². The van der Waals surface area contributed by atoms with Crippen LogP contribution in [0.5, 0.6) is 0 Å². The van der Waals surface area contributed by atoms with Gasteiger partial charge in [-0.1, -0.05) is 0 Å². The van der Waals surface area contributed by atoms with Crippen molar-refractivity contribution in [3.05, 3.63) is 24.0 Å². The lowest BCUT2D eigenvalue weighted by atomic mass is 10.0. The maximum atomic E-state index is 12.6. The lowest BCUT2D eigenvalue weighted by molar-refractivity contribution is 0.0468. The number of primary sulfonamides is 1. The van der Waals surface area contributed by atoms with Gasteiger partial charge in [-0.05, 0) is 13.8 Å². The highest BCUT2D eigenvalue weighted by atomic mass is 32.2. The quantitative estimate of drug-likeness (QED) is 0.751. The fraction of sp³-hybridized carbons (Fsp3) is 0.500. The van der Waals surface area contributed by atoms with Crippen LogP contribution in [0, 0.1) is 5.82 Å². The second-order valence-electron chi connectivity index (χ2n) is 3.60. The molecule has 0 amide bonds. The number of sulfonamides is 1. The summed E-state index contributed by atoms with van der Waals surface area (Å²) < 4.78 is 34.8. The van der Waals surface area contributed by atoms with Crippen molar-refractivity contribution in [2.75, 3.05) is 0 Å². The summed E-state index contributed by atoms with van der Waals surface area (Å²) in [5.74, 6) is -0.877. The second kappa shape index (κ2) is 4.04. The van der Waals surface area contributed by atoms with Crippen molar-refractivity contribution in [1.82, 2.24) is 9.97 Å². The highest BCUT2D eigenvalue weighted by Gasteiger charge is 2.40. The minimum Gasteiger partial charge on any atom is -0.381 e. The monoisotopic (exact) mass is 249 g/mol. The van der Waals surface area contributed by atoms with E-state index in [1.165, 1.54) is 13.8 Å². The fourth-order valence-electron chi connectivity index (χ4n) is 1.08. The highest BCUT2D eigenvalue weighted by molar-refractivity contribution is 7.89. The predicted molar refractivity (Wildman–Crippen MR) is 54.1 cm³/mol. The molecule has 1 aromatic rings. The zero-order chi connectivity index (χ0) is 12.6. The first-order valence-corrected chi connectivity index (χ1v) is 5.98. The van der Waals surface area contributed by atoms with Gasteiger partial charge in [-0.2, -0.15) is 0 Å². The number of nitrogens with two attached hydrogens (primary N) is 1. The van der Waals surface area contributed by atoms with Gasteiger partial charge in [0.05, 0.1) is 12.4 Å². The Hall–Kier alpha value is -1.12. The topological polar surface area (TPSA) is 106 Å². The number of aliphatic hydroxyl groups is 1. The molecular formula is C8H12FN3O3S. The van der Waals surface area contributed by atoms with Crippen molar-refractivity contribution < 1.29 is 17.9 Å². The molecule has 0 bridgehead atoms. The van der Waals surface area contributed by atoms with E-state index < -0.39 is 26.7 Å². The van der Waals surface area contributed by atoms with Crippen molar-refractivity contribution in [3.8, 4) is 0 Å². The zero-order valence-electron chi connectivity index (χ0n) is 8.75. The van der Waals surface area contributed by atoms with Crippen molar-refractivity contribution in [1.29, 1.82) is 0 Å². The first kappa shape index (κ1) is 12.9. The minimum atomic E-state index is -3.94. The lowest BCUT2D eigenvalue weighted by Crippen LogP contribution is -2.44.